The van der Waals surface area contributed by atoms with Crippen LogP contribution < -0.4 is 10.9 Å². The average molecular weight is 330 g/mol. The maximum atomic E-state index is 12.1. The molecule has 0 unspecified atom stereocenters. The van der Waals surface area contributed by atoms with Gasteiger partial charge in [0.15, 0.2) is 0 Å². The number of carbonyl (C=O) groups is 1. The van der Waals surface area contributed by atoms with Gasteiger partial charge in [-0.25, -0.2) is 4.98 Å². The normalized spacial score (nSPS) is 10.4. The van der Waals surface area contributed by atoms with Crippen LogP contribution in [0.2, 0.25) is 0 Å². The first-order valence-electron chi connectivity index (χ1n) is 7.51. The highest BCUT2D eigenvalue weighted by Crippen LogP contribution is 2.19. The maximum Gasteiger partial charge on any atom is 0.273 e. The molecular formula is C16H18N4O4. The summed E-state index contributed by atoms with van der Waals surface area (Å²) in [4.78, 5) is 38.4. The fourth-order valence-electron chi connectivity index (χ4n) is 2.16. The van der Waals surface area contributed by atoms with Crippen LogP contribution in [0.15, 0.2) is 35.4 Å². The van der Waals surface area contributed by atoms with Crippen LogP contribution in [-0.2, 0) is 13.0 Å². The highest BCUT2D eigenvalue weighted by Gasteiger charge is 2.14. The Morgan fingerprint density at radius 3 is 2.75 bits per heavy atom. The van der Waals surface area contributed by atoms with Crippen LogP contribution in [-0.4, -0.2) is 26.9 Å². The molecular weight excluding hydrogens is 312 g/mol. The van der Waals surface area contributed by atoms with E-state index in [9.17, 15) is 19.7 Å². The van der Waals surface area contributed by atoms with E-state index >= 15 is 0 Å². The summed E-state index contributed by atoms with van der Waals surface area (Å²) in [6.45, 7) is 4.01. The molecule has 0 spiro atoms. The number of aromatic nitrogens is 2. The second-order valence-corrected chi connectivity index (χ2v) is 5.28. The highest BCUT2D eigenvalue weighted by molar-refractivity contribution is 5.94. The lowest BCUT2D eigenvalue weighted by molar-refractivity contribution is -0.385. The zero-order valence-corrected chi connectivity index (χ0v) is 13.5. The van der Waals surface area contributed by atoms with Gasteiger partial charge in [0.05, 0.1) is 11.3 Å². The third kappa shape index (κ3) is 4.03. The molecule has 0 aliphatic heterocycles. The molecule has 0 saturated carbocycles. The minimum atomic E-state index is -0.521. The lowest BCUT2D eigenvalue weighted by Gasteiger charge is -2.08. The predicted molar refractivity (Wildman–Crippen MR) is 88.0 cm³/mol. The van der Waals surface area contributed by atoms with Gasteiger partial charge in [0.1, 0.15) is 0 Å². The summed E-state index contributed by atoms with van der Waals surface area (Å²) in [6.07, 6.45) is 2.13. The SMILES string of the molecule is CCc1cc(=O)n(CCNC(=O)c2ccc(C)c([N+](=O)[O-])c2)cn1. The van der Waals surface area contributed by atoms with Gasteiger partial charge in [-0.1, -0.05) is 13.0 Å². The first-order chi connectivity index (χ1) is 11.4. The minimum Gasteiger partial charge on any atom is -0.350 e. The molecule has 2 aromatic rings. The van der Waals surface area contributed by atoms with Gasteiger partial charge >= 0.3 is 0 Å². The number of benzene rings is 1. The fraction of sp³-hybridized carbons (Fsp3) is 0.312. The Hall–Kier alpha value is -3.03. The van der Waals surface area contributed by atoms with Crippen LogP contribution in [0.3, 0.4) is 0 Å². The molecule has 1 amide bonds. The van der Waals surface area contributed by atoms with Gasteiger partial charge in [0.25, 0.3) is 17.2 Å². The molecule has 1 N–H and O–H groups in total. The third-order valence-electron chi connectivity index (χ3n) is 3.60. The van der Waals surface area contributed by atoms with E-state index in [4.69, 9.17) is 0 Å². The van der Waals surface area contributed by atoms with Crippen molar-refractivity contribution in [3.8, 4) is 0 Å². The van der Waals surface area contributed by atoms with Crippen molar-refractivity contribution in [2.45, 2.75) is 26.8 Å². The standard InChI is InChI=1S/C16H18N4O4/c1-3-13-9-15(21)19(10-18-13)7-6-17-16(22)12-5-4-11(2)14(8-12)20(23)24/h4-5,8-10H,3,6-7H2,1-2H3,(H,17,22). The van der Waals surface area contributed by atoms with Crippen molar-refractivity contribution in [3.05, 3.63) is 67.9 Å². The number of nitrogens with one attached hydrogen (secondary N) is 1. The van der Waals surface area contributed by atoms with E-state index in [1.165, 1.54) is 35.2 Å². The second-order valence-electron chi connectivity index (χ2n) is 5.28. The molecule has 2 rings (SSSR count). The monoisotopic (exact) mass is 330 g/mol. The van der Waals surface area contributed by atoms with Crippen molar-refractivity contribution in [1.29, 1.82) is 0 Å². The smallest absolute Gasteiger partial charge is 0.273 e. The Morgan fingerprint density at radius 1 is 1.38 bits per heavy atom. The molecule has 24 heavy (non-hydrogen) atoms. The number of nitro groups is 1. The molecule has 1 aromatic carbocycles. The first-order valence-corrected chi connectivity index (χ1v) is 7.51. The number of aryl methyl sites for hydroxylation is 2. The lowest BCUT2D eigenvalue weighted by Crippen LogP contribution is -2.31. The van der Waals surface area contributed by atoms with E-state index in [1.807, 2.05) is 6.92 Å². The van der Waals surface area contributed by atoms with Gasteiger partial charge in [-0.2, -0.15) is 0 Å². The second kappa shape index (κ2) is 7.49. The van der Waals surface area contributed by atoms with E-state index in [-0.39, 0.29) is 29.9 Å². The summed E-state index contributed by atoms with van der Waals surface area (Å²) in [5.74, 6) is -0.427. The summed E-state index contributed by atoms with van der Waals surface area (Å²) < 4.78 is 1.40. The summed E-state index contributed by atoms with van der Waals surface area (Å²) in [5, 5.41) is 13.6. The quantitative estimate of drug-likeness (QED) is 0.637. The Labute approximate surface area is 138 Å². The predicted octanol–water partition coefficient (Wildman–Crippen LogP) is 1.45. The van der Waals surface area contributed by atoms with Crippen molar-refractivity contribution in [2.75, 3.05) is 6.54 Å². The molecule has 8 heteroatoms. The Bertz CT molecular complexity index is 829. The third-order valence-corrected chi connectivity index (χ3v) is 3.60. The number of hydrogen-bond donors (Lipinski definition) is 1. The van der Waals surface area contributed by atoms with Crippen molar-refractivity contribution < 1.29 is 9.72 Å². The molecule has 0 saturated heterocycles. The Balaban J connectivity index is 2.00. The molecule has 0 atom stereocenters. The van der Waals surface area contributed by atoms with Crippen molar-refractivity contribution in [3.63, 3.8) is 0 Å². The topological polar surface area (TPSA) is 107 Å². The number of carbonyl (C=O) groups excluding carboxylic acids is 1. The number of hydrogen-bond acceptors (Lipinski definition) is 5. The number of nitrogens with zero attached hydrogens (tertiary/aromatic N) is 3. The summed E-state index contributed by atoms with van der Waals surface area (Å²) in [5.41, 5.74) is 1.14. The van der Waals surface area contributed by atoms with Crippen molar-refractivity contribution in [2.24, 2.45) is 0 Å². The van der Waals surface area contributed by atoms with Crippen LogP contribution in [0.4, 0.5) is 5.69 Å². The molecule has 0 radical (unpaired) electrons. The zero-order valence-electron chi connectivity index (χ0n) is 13.5. The van der Waals surface area contributed by atoms with E-state index in [1.54, 1.807) is 6.92 Å². The van der Waals surface area contributed by atoms with Crippen molar-refractivity contribution >= 4 is 11.6 Å². The summed E-state index contributed by atoms with van der Waals surface area (Å²) in [7, 11) is 0. The van der Waals surface area contributed by atoms with Crippen LogP contribution in [0.1, 0.15) is 28.5 Å². The zero-order chi connectivity index (χ0) is 17.7. The van der Waals surface area contributed by atoms with Gasteiger partial charge < -0.3 is 5.32 Å². The largest absolute Gasteiger partial charge is 0.350 e. The summed E-state index contributed by atoms with van der Waals surface area (Å²) >= 11 is 0. The van der Waals surface area contributed by atoms with E-state index in [2.05, 4.69) is 10.3 Å². The molecule has 0 aliphatic carbocycles. The van der Waals surface area contributed by atoms with Gasteiger partial charge in [0.2, 0.25) is 0 Å². The Kier molecular flexibility index (Phi) is 5.41. The molecule has 0 fully saturated rings. The van der Waals surface area contributed by atoms with Gasteiger partial charge in [-0.15, -0.1) is 0 Å². The molecule has 8 nitrogen and oxygen atoms in total. The maximum absolute atomic E-state index is 12.1. The lowest BCUT2D eigenvalue weighted by atomic mass is 10.1. The number of amides is 1. The van der Waals surface area contributed by atoms with Gasteiger partial charge in [0, 0.05) is 42.0 Å². The van der Waals surface area contributed by atoms with E-state index in [0.29, 0.717) is 17.7 Å². The molecule has 126 valence electrons. The van der Waals surface area contributed by atoms with Crippen LogP contribution in [0.5, 0.6) is 0 Å². The van der Waals surface area contributed by atoms with E-state index < -0.39 is 10.8 Å². The minimum absolute atomic E-state index is 0.0989. The highest BCUT2D eigenvalue weighted by atomic mass is 16.6. The molecule has 0 bridgehead atoms. The van der Waals surface area contributed by atoms with Gasteiger partial charge in [-0.3, -0.25) is 24.3 Å². The first kappa shape index (κ1) is 17.3. The van der Waals surface area contributed by atoms with Crippen LogP contribution >= 0.6 is 0 Å². The Morgan fingerprint density at radius 2 is 2.12 bits per heavy atom. The molecule has 1 aromatic heterocycles. The van der Waals surface area contributed by atoms with Crippen LogP contribution in [0, 0.1) is 17.0 Å². The number of rotatable bonds is 6. The van der Waals surface area contributed by atoms with Gasteiger partial charge in [-0.05, 0) is 19.4 Å². The average Bonchev–Trinajstić information content (AvgIpc) is 2.56. The molecule has 1 heterocycles. The molecule has 0 aliphatic rings. The van der Waals surface area contributed by atoms with Crippen molar-refractivity contribution in [1.82, 2.24) is 14.9 Å². The number of nitro benzene ring substituents is 1. The van der Waals surface area contributed by atoms with Crippen LogP contribution in [0.25, 0.3) is 0 Å². The summed E-state index contributed by atoms with van der Waals surface area (Å²) in [6, 6.07) is 5.77. The van der Waals surface area contributed by atoms with E-state index in [0.717, 1.165) is 0 Å². The fourth-order valence-corrected chi connectivity index (χ4v) is 2.16.